The van der Waals surface area contributed by atoms with Gasteiger partial charge in [-0.05, 0) is 6.92 Å². The van der Waals surface area contributed by atoms with Gasteiger partial charge in [0.15, 0.2) is 0 Å². The number of fused-ring (bicyclic) bond motifs is 1. The second-order valence-corrected chi connectivity index (χ2v) is 4.17. The van der Waals surface area contributed by atoms with Gasteiger partial charge < -0.3 is 4.74 Å². The van der Waals surface area contributed by atoms with Gasteiger partial charge in [-0.1, -0.05) is 35.5 Å². The largest absolute Gasteiger partial charge is 0.463 e. The van der Waals surface area contributed by atoms with Gasteiger partial charge in [0.2, 0.25) is 6.17 Å². The van der Waals surface area contributed by atoms with Crippen molar-refractivity contribution in [2.24, 2.45) is 5.10 Å². The van der Waals surface area contributed by atoms with E-state index < -0.39 is 12.1 Å². The van der Waals surface area contributed by atoms with Crippen LogP contribution in [0.1, 0.15) is 24.3 Å². The van der Waals surface area contributed by atoms with E-state index in [4.69, 9.17) is 4.74 Å². The van der Waals surface area contributed by atoms with Crippen LogP contribution in [0.5, 0.6) is 0 Å². The van der Waals surface area contributed by atoms with Crippen molar-refractivity contribution in [3.05, 3.63) is 47.8 Å². The van der Waals surface area contributed by atoms with Crippen LogP contribution in [-0.4, -0.2) is 33.3 Å². The molecule has 0 saturated carbocycles. The molecule has 7 heteroatoms. The Morgan fingerprint density at radius 3 is 2.95 bits per heavy atom. The molecule has 7 nitrogen and oxygen atoms in total. The number of nitrogens with zero attached hydrogens (tertiary/aromatic N) is 4. The zero-order valence-corrected chi connectivity index (χ0v) is 10.9. The van der Waals surface area contributed by atoms with Gasteiger partial charge in [-0.25, -0.2) is 9.48 Å². The van der Waals surface area contributed by atoms with Crippen LogP contribution >= 0.6 is 0 Å². The number of nitrogens with one attached hydrogen (secondary N) is 1. The third-order valence-corrected chi connectivity index (χ3v) is 2.92. The molecule has 0 bridgehead atoms. The molecule has 1 aromatic carbocycles. The zero-order chi connectivity index (χ0) is 13.9. The number of ether oxygens (including phenoxy) is 1. The Kier molecular flexibility index (Phi) is 3.16. The first-order chi connectivity index (χ1) is 9.81. The molecule has 2 aromatic rings. The molecular weight excluding hydrogens is 258 g/mol. The fraction of sp³-hybridized carbons (Fsp3) is 0.231. The molecule has 1 aromatic heterocycles. The van der Waals surface area contributed by atoms with Gasteiger partial charge in [0, 0.05) is 5.56 Å². The lowest BCUT2D eigenvalue weighted by Gasteiger charge is -2.22. The maximum atomic E-state index is 11.9. The Morgan fingerprint density at radius 2 is 2.20 bits per heavy atom. The van der Waals surface area contributed by atoms with Gasteiger partial charge in [-0.2, -0.15) is 5.10 Å². The highest BCUT2D eigenvalue weighted by Crippen LogP contribution is 2.17. The van der Waals surface area contributed by atoms with E-state index in [2.05, 4.69) is 20.8 Å². The highest BCUT2D eigenvalue weighted by Gasteiger charge is 2.30. The van der Waals surface area contributed by atoms with Crippen molar-refractivity contribution in [3.63, 3.8) is 0 Å². The van der Waals surface area contributed by atoms with E-state index in [1.807, 2.05) is 30.3 Å². The van der Waals surface area contributed by atoms with Crippen LogP contribution in [0.3, 0.4) is 0 Å². The number of hydrogen-bond acceptors (Lipinski definition) is 6. The minimum Gasteiger partial charge on any atom is -0.463 e. The maximum absolute atomic E-state index is 11.9. The van der Waals surface area contributed by atoms with Gasteiger partial charge in [0.1, 0.15) is 11.4 Å². The lowest BCUT2D eigenvalue weighted by Crippen LogP contribution is -2.39. The first-order valence-corrected chi connectivity index (χ1v) is 6.27. The van der Waals surface area contributed by atoms with E-state index in [-0.39, 0.29) is 0 Å². The topological polar surface area (TPSA) is 81.4 Å². The first kappa shape index (κ1) is 12.3. The molecule has 0 spiro atoms. The average molecular weight is 271 g/mol. The number of carbonyl (C=O) groups is 1. The standard InChI is InChI=1S/C13H13N5O2/c1-2-20-13(19)12-16-15-11(9-6-4-3-5-7-9)10-8-14-17-18(10)12/h3-8,12,16H,2H2,1H3. The summed E-state index contributed by atoms with van der Waals surface area (Å²) in [7, 11) is 0. The molecule has 2 heterocycles. The summed E-state index contributed by atoms with van der Waals surface area (Å²) in [5.74, 6) is -0.435. The van der Waals surface area contributed by atoms with Crippen LogP contribution in [0.4, 0.5) is 0 Å². The Labute approximate surface area is 115 Å². The van der Waals surface area contributed by atoms with E-state index in [1.165, 1.54) is 4.68 Å². The number of aromatic nitrogens is 3. The second-order valence-electron chi connectivity index (χ2n) is 4.17. The molecule has 0 radical (unpaired) electrons. The van der Waals surface area contributed by atoms with Crippen molar-refractivity contribution in [1.29, 1.82) is 0 Å². The Bertz CT molecular complexity index is 650. The number of rotatable bonds is 3. The third-order valence-electron chi connectivity index (χ3n) is 2.92. The van der Waals surface area contributed by atoms with E-state index >= 15 is 0 Å². The van der Waals surface area contributed by atoms with Gasteiger partial charge in [0.05, 0.1) is 12.8 Å². The first-order valence-electron chi connectivity index (χ1n) is 6.27. The van der Waals surface area contributed by atoms with E-state index in [1.54, 1.807) is 13.1 Å². The third kappa shape index (κ3) is 2.03. The Hall–Kier alpha value is -2.70. The quantitative estimate of drug-likeness (QED) is 0.831. The van der Waals surface area contributed by atoms with Crippen LogP contribution in [0.2, 0.25) is 0 Å². The van der Waals surface area contributed by atoms with Crippen molar-refractivity contribution in [2.75, 3.05) is 6.61 Å². The van der Waals surface area contributed by atoms with E-state index in [9.17, 15) is 4.79 Å². The smallest absolute Gasteiger partial charge is 0.353 e. The lowest BCUT2D eigenvalue weighted by atomic mass is 10.1. The van der Waals surface area contributed by atoms with Gasteiger partial charge in [-0.15, -0.1) is 5.10 Å². The van der Waals surface area contributed by atoms with Crippen molar-refractivity contribution in [3.8, 4) is 0 Å². The van der Waals surface area contributed by atoms with Gasteiger partial charge >= 0.3 is 5.97 Å². The fourth-order valence-corrected chi connectivity index (χ4v) is 2.02. The van der Waals surface area contributed by atoms with Crippen LogP contribution in [-0.2, 0) is 9.53 Å². The summed E-state index contributed by atoms with van der Waals surface area (Å²) >= 11 is 0. The minimum absolute atomic E-state index is 0.302. The summed E-state index contributed by atoms with van der Waals surface area (Å²) in [4.78, 5) is 11.9. The maximum Gasteiger partial charge on any atom is 0.353 e. The normalized spacial score (nSPS) is 16.9. The molecule has 102 valence electrons. The summed E-state index contributed by atoms with van der Waals surface area (Å²) in [6, 6.07) is 9.63. The fourth-order valence-electron chi connectivity index (χ4n) is 2.02. The van der Waals surface area contributed by atoms with Crippen molar-refractivity contribution >= 4 is 11.7 Å². The number of carbonyl (C=O) groups excluding carboxylic acids is 1. The molecule has 1 atom stereocenters. The molecule has 0 saturated heterocycles. The van der Waals surface area contributed by atoms with E-state index in [0.717, 1.165) is 5.56 Å². The highest BCUT2D eigenvalue weighted by atomic mass is 16.5. The van der Waals surface area contributed by atoms with Crippen molar-refractivity contribution in [2.45, 2.75) is 13.1 Å². The molecule has 1 aliphatic heterocycles. The number of hydrazone groups is 1. The molecule has 1 aliphatic rings. The number of esters is 1. The van der Waals surface area contributed by atoms with Crippen molar-refractivity contribution in [1.82, 2.24) is 20.4 Å². The molecule has 20 heavy (non-hydrogen) atoms. The number of benzene rings is 1. The summed E-state index contributed by atoms with van der Waals surface area (Å²) in [5, 5.41) is 12.1. The molecule has 3 rings (SSSR count). The molecule has 1 unspecified atom stereocenters. The Morgan fingerprint density at radius 1 is 1.40 bits per heavy atom. The lowest BCUT2D eigenvalue weighted by molar-refractivity contribution is -0.148. The predicted octanol–water partition coefficient (Wildman–Crippen LogP) is 0.695. The number of hydrogen-bond donors (Lipinski definition) is 1. The van der Waals surface area contributed by atoms with Crippen molar-refractivity contribution < 1.29 is 9.53 Å². The van der Waals surface area contributed by atoms with Gasteiger partial charge in [0.25, 0.3) is 0 Å². The second kappa shape index (κ2) is 5.12. The van der Waals surface area contributed by atoms with Crippen LogP contribution in [0.15, 0.2) is 41.6 Å². The van der Waals surface area contributed by atoms with Gasteiger partial charge in [-0.3, -0.25) is 5.43 Å². The highest BCUT2D eigenvalue weighted by molar-refractivity contribution is 6.12. The molecule has 0 amide bonds. The van der Waals surface area contributed by atoms with E-state index in [0.29, 0.717) is 18.0 Å². The minimum atomic E-state index is -0.778. The Balaban J connectivity index is 1.98. The summed E-state index contributed by atoms with van der Waals surface area (Å²) in [6.45, 7) is 2.05. The monoisotopic (exact) mass is 271 g/mol. The summed E-state index contributed by atoms with van der Waals surface area (Å²) in [6.07, 6.45) is 0.804. The molecule has 0 aliphatic carbocycles. The van der Waals surface area contributed by atoms with Crippen LogP contribution in [0, 0.1) is 0 Å². The SMILES string of the molecule is CCOC(=O)C1NN=C(c2ccccc2)c2cnnn21. The summed E-state index contributed by atoms with van der Waals surface area (Å²) < 4.78 is 6.47. The predicted molar refractivity (Wildman–Crippen MR) is 70.9 cm³/mol. The average Bonchev–Trinajstić information content (AvgIpc) is 2.96. The molecule has 0 fully saturated rings. The summed E-state index contributed by atoms with van der Waals surface area (Å²) in [5.41, 5.74) is 5.06. The van der Waals surface area contributed by atoms with Crippen LogP contribution in [0.25, 0.3) is 0 Å². The zero-order valence-electron chi connectivity index (χ0n) is 10.9. The molecular formula is C13H13N5O2. The molecule has 1 N–H and O–H groups in total. The van der Waals surface area contributed by atoms with Crippen LogP contribution < -0.4 is 5.43 Å².